The van der Waals surface area contributed by atoms with Gasteiger partial charge in [0, 0.05) is 39.4 Å². The van der Waals surface area contributed by atoms with Crippen LogP contribution in [-0.4, -0.2) is 44.3 Å². The van der Waals surface area contributed by atoms with E-state index in [9.17, 15) is 23.9 Å². The molecule has 0 spiro atoms. The first-order chi connectivity index (χ1) is 12.9. The lowest BCUT2D eigenvalue weighted by Gasteiger charge is -2.16. The molecule has 7 nitrogen and oxygen atoms in total. The molecule has 27 heavy (non-hydrogen) atoms. The second kappa shape index (κ2) is 7.69. The van der Waals surface area contributed by atoms with E-state index < -0.39 is 17.1 Å². The number of ketones is 1. The predicted octanol–water partition coefficient (Wildman–Crippen LogP) is 1.31. The van der Waals surface area contributed by atoms with Gasteiger partial charge in [-0.05, 0) is 24.1 Å². The SMILES string of the molecule is CC(=O)N1CCc2nc(C(=O)CCc3ccc(F)cc3)c(O)c(=O)n2CC1. The van der Waals surface area contributed by atoms with Crippen LogP contribution in [0.15, 0.2) is 29.1 Å². The number of hydrogen-bond acceptors (Lipinski definition) is 5. The lowest BCUT2D eigenvalue weighted by atomic mass is 10.1. The van der Waals surface area contributed by atoms with Crippen molar-refractivity contribution in [3.8, 4) is 5.75 Å². The third kappa shape index (κ3) is 4.05. The van der Waals surface area contributed by atoms with Gasteiger partial charge in [0.15, 0.2) is 11.5 Å². The van der Waals surface area contributed by atoms with E-state index in [0.29, 0.717) is 31.8 Å². The van der Waals surface area contributed by atoms with Crippen molar-refractivity contribution in [3.63, 3.8) is 0 Å². The van der Waals surface area contributed by atoms with E-state index in [1.807, 2.05) is 0 Å². The van der Waals surface area contributed by atoms with Crippen LogP contribution in [0.3, 0.4) is 0 Å². The summed E-state index contributed by atoms with van der Waals surface area (Å²) in [5.74, 6) is -1.20. The van der Waals surface area contributed by atoms with Gasteiger partial charge in [-0.25, -0.2) is 9.37 Å². The number of halogens is 1. The highest BCUT2D eigenvalue weighted by molar-refractivity contribution is 5.96. The first-order valence-electron chi connectivity index (χ1n) is 8.72. The summed E-state index contributed by atoms with van der Waals surface area (Å²) in [6, 6.07) is 5.78. The molecule has 0 saturated heterocycles. The van der Waals surface area contributed by atoms with E-state index >= 15 is 0 Å². The summed E-state index contributed by atoms with van der Waals surface area (Å²) in [6.07, 6.45) is 0.707. The van der Waals surface area contributed by atoms with Gasteiger partial charge in [0.25, 0.3) is 5.56 Å². The molecule has 0 bridgehead atoms. The summed E-state index contributed by atoms with van der Waals surface area (Å²) in [4.78, 5) is 42.3. The fourth-order valence-corrected chi connectivity index (χ4v) is 3.11. The summed E-state index contributed by atoms with van der Waals surface area (Å²) in [7, 11) is 0. The van der Waals surface area contributed by atoms with Crippen molar-refractivity contribution in [2.75, 3.05) is 13.1 Å². The average Bonchev–Trinajstić information content (AvgIpc) is 2.87. The van der Waals surface area contributed by atoms with Crippen molar-refractivity contribution in [2.24, 2.45) is 0 Å². The smallest absolute Gasteiger partial charge is 0.296 e. The molecule has 2 heterocycles. The van der Waals surface area contributed by atoms with Gasteiger partial charge >= 0.3 is 0 Å². The Hall–Kier alpha value is -3.03. The van der Waals surface area contributed by atoms with Crippen LogP contribution in [0.2, 0.25) is 0 Å². The van der Waals surface area contributed by atoms with Gasteiger partial charge in [0.05, 0.1) is 0 Å². The molecule has 0 aliphatic carbocycles. The molecule has 1 aromatic carbocycles. The van der Waals surface area contributed by atoms with Gasteiger partial charge in [-0.2, -0.15) is 0 Å². The number of fused-ring (bicyclic) bond motifs is 1. The maximum absolute atomic E-state index is 12.9. The standard InChI is InChI=1S/C19H20FN3O4/c1-12(24)22-9-8-16-21-17(18(26)19(27)23(16)11-10-22)15(25)7-4-13-2-5-14(20)6-3-13/h2-3,5-6,26H,4,7-11H2,1H3. The van der Waals surface area contributed by atoms with Gasteiger partial charge in [-0.3, -0.25) is 19.0 Å². The molecule has 8 heteroatoms. The zero-order valence-electron chi connectivity index (χ0n) is 14.9. The Balaban J connectivity index is 1.81. The van der Waals surface area contributed by atoms with E-state index in [1.54, 1.807) is 17.0 Å². The highest BCUT2D eigenvalue weighted by Gasteiger charge is 2.24. The summed E-state index contributed by atoms with van der Waals surface area (Å²) >= 11 is 0. The summed E-state index contributed by atoms with van der Waals surface area (Å²) < 4.78 is 14.3. The number of Topliss-reactive ketones (excluding diaryl/α,β-unsaturated/α-hetero) is 1. The topological polar surface area (TPSA) is 92.5 Å². The zero-order chi connectivity index (χ0) is 19.6. The number of benzene rings is 1. The third-order valence-electron chi connectivity index (χ3n) is 4.69. The fraction of sp³-hybridized carbons (Fsp3) is 0.368. The Morgan fingerprint density at radius 2 is 1.89 bits per heavy atom. The van der Waals surface area contributed by atoms with E-state index in [4.69, 9.17) is 0 Å². The molecule has 1 aromatic heterocycles. The minimum Gasteiger partial charge on any atom is -0.501 e. The molecule has 1 amide bonds. The van der Waals surface area contributed by atoms with Crippen LogP contribution >= 0.6 is 0 Å². The Morgan fingerprint density at radius 1 is 1.19 bits per heavy atom. The van der Waals surface area contributed by atoms with Crippen molar-refractivity contribution in [1.29, 1.82) is 0 Å². The van der Waals surface area contributed by atoms with Crippen LogP contribution in [0.25, 0.3) is 0 Å². The first-order valence-corrected chi connectivity index (χ1v) is 8.72. The second-order valence-electron chi connectivity index (χ2n) is 6.49. The monoisotopic (exact) mass is 373 g/mol. The molecule has 3 rings (SSSR count). The molecule has 0 radical (unpaired) electrons. The van der Waals surface area contributed by atoms with Crippen molar-refractivity contribution in [2.45, 2.75) is 32.7 Å². The number of aromatic nitrogens is 2. The minimum absolute atomic E-state index is 0.0364. The minimum atomic E-state index is -0.671. The average molecular weight is 373 g/mol. The maximum Gasteiger partial charge on any atom is 0.296 e. The Morgan fingerprint density at radius 3 is 2.56 bits per heavy atom. The number of carbonyl (C=O) groups is 2. The van der Waals surface area contributed by atoms with Gasteiger partial charge < -0.3 is 10.0 Å². The number of carbonyl (C=O) groups excluding carboxylic acids is 2. The maximum atomic E-state index is 12.9. The summed E-state index contributed by atoms with van der Waals surface area (Å²) in [5.41, 5.74) is -0.145. The summed E-state index contributed by atoms with van der Waals surface area (Å²) in [5, 5.41) is 10.2. The molecule has 1 N–H and O–H groups in total. The molecule has 2 aromatic rings. The number of hydrogen-bond donors (Lipinski definition) is 1. The van der Waals surface area contributed by atoms with E-state index in [2.05, 4.69) is 4.98 Å². The highest BCUT2D eigenvalue weighted by atomic mass is 19.1. The highest BCUT2D eigenvalue weighted by Crippen LogP contribution is 2.16. The zero-order valence-corrected chi connectivity index (χ0v) is 14.9. The Bertz CT molecular complexity index is 937. The van der Waals surface area contributed by atoms with E-state index in [1.165, 1.54) is 23.6 Å². The van der Waals surface area contributed by atoms with E-state index in [0.717, 1.165) is 5.56 Å². The first kappa shape index (κ1) is 18.8. The molecule has 0 saturated carbocycles. The third-order valence-corrected chi connectivity index (χ3v) is 4.69. The van der Waals surface area contributed by atoms with Crippen LogP contribution in [0, 0.1) is 5.82 Å². The second-order valence-corrected chi connectivity index (χ2v) is 6.49. The predicted molar refractivity (Wildman–Crippen MR) is 95.2 cm³/mol. The molecule has 0 fully saturated rings. The molecular weight excluding hydrogens is 353 g/mol. The fourth-order valence-electron chi connectivity index (χ4n) is 3.11. The van der Waals surface area contributed by atoms with Crippen LogP contribution in [0.5, 0.6) is 5.75 Å². The van der Waals surface area contributed by atoms with Crippen molar-refractivity contribution >= 4 is 11.7 Å². The number of aryl methyl sites for hydroxylation is 1. The van der Waals surface area contributed by atoms with Gasteiger partial charge in [-0.15, -0.1) is 0 Å². The molecule has 1 aliphatic heterocycles. The van der Waals surface area contributed by atoms with Gasteiger partial charge in [-0.1, -0.05) is 12.1 Å². The summed E-state index contributed by atoms with van der Waals surface area (Å²) in [6.45, 7) is 2.42. The van der Waals surface area contributed by atoms with Crippen LogP contribution in [0.1, 0.15) is 35.2 Å². The Kier molecular flexibility index (Phi) is 5.34. The largest absolute Gasteiger partial charge is 0.501 e. The number of nitrogens with zero attached hydrogens (tertiary/aromatic N) is 3. The molecule has 0 atom stereocenters. The lowest BCUT2D eigenvalue weighted by molar-refractivity contribution is -0.128. The van der Waals surface area contributed by atoms with Crippen molar-refractivity contribution < 1.29 is 19.1 Å². The Labute approximate surface area is 155 Å². The lowest BCUT2D eigenvalue weighted by Crippen LogP contribution is -2.32. The van der Waals surface area contributed by atoms with Crippen LogP contribution in [0.4, 0.5) is 4.39 Å². The van der Waals surface area contributed by atoms with Gasteiger partial charge in [0.2, 0.25) is 11.7 Å². The molecule has 0 unspecified atom stereocenters. The normalized spacial score (nSPS) is 13.8. The van der Waals surface area contributed by atoms with Crippen molar-refractivity contribution in [1.82, 2.24) is 14.5 Å². The quantitative estimate of drug-likeness (QED) is 0.816. The number of amides is 1. The van der Waals surface area contributed by atoms with E-state index in [-0.39, 0.29) is 30.4 Å². The molecule has 142 valence electrons. The molecule has 1 aliphatic rings. The number of aromatic hydroxyl groups is 1. The number of rotatable bonds is 4. The van der Waals surface area contributed by atoms with Crippen LogP contribution in [-0.2, 0) is 24.2 Å². The molecular formula is C19H20FN3O4. The van der Waals surface area contributed by atoms with Gasteiger partial charge in [0.1, 0.15) is 11.6 Å². The van der Waals surface area contributed by atoms with Crippen LogP contribution < -0.4 is 5.56 Å². The van der Waals surface area contributed by atoms with Crippen molar-refractivity contribution in [3.05, 3.63) is 57.5 Å².